The van der Waals surface area contributed by atoms with Crippen LogP contribution in [-0.2, 0) is 19.0 Å². The second-order valence-corrected chi connectivity index (χ2v) is 8.55. The summed E-state index contributed by atoms with van der Waals surface area (Å²) in [5.74, 6) is -1.10. The van der Waals surface area contributed by atoms with Crippen LogP contribution >= 0.6 is 0 Å². The fourth-order valence-electron chi connectivity index (χ4n) is 4.74. The van der Waals surface area contributed by atoms with Gasteiger partial charge in [0.05, 0.1) is 11.0 Å². The maximum absolute atomic E-state index is 11.8. The van der Waals surface area contributed by atoms with Gasteiger partial charge in [0, 0.05) is 12.3 Å². The molecule has 0 spiro atoms. The lowest BCUT2D eigenvalue weighted by Gasteiger charge is -2.53. The van der Waals surface area contributed by atoms with Crippen LogP contribution in [0, 0.1) is 10.8 Å². The van der Waals surface area contributed by atoms with E-state index in [4.69, 9.17) is 14.2 Å². The minimum atomic E-state index is -0.812. The summed E-state index contributed by atoms with van der Waals surface area (Å²) >= 11 is 0. The van der Waals surface area contributed by atoms with E-state index in [2.05, 4.69) is 34.6 Å². The van der Waals surface area contributed by atoms with Gasteiger partial charge in [0.25, 0.3) is 0 Å². The van der Waals surface area contributed by atoms with Crippen LogP contribution in [-0.4, -0.2) is 28.6 Å². The van der Waals surface area contributed by atoms with Crippen LogP contribution in [0.15, 0.2) is 0 Å². The molecule has 2 rings (SSSR count). The summed E-state index contributed by atoms with van der Waals surface area (Å²) in [4.78, 5) is 11.8. The first-order valence-corrected chi connectivity index (χ1v) is 7.68. The van der Waals surface area contributed by atoms with Gasteiger partial charge in [-0.1, -0.05) is 13.8 Å². The van der Waals surface area contributed by atoms with E-state index in [0.29, 0.717) is 0 Å². The molecule has 122 valence electrons. The molecule has 0 radical (unpaired) electrons. The van der Waals surface area contributed by atoms with Crippen molar-refractivity contribution in [1.82, 2.24) is 0 Å². The number of ether oxygens (including phenoxy) is 3. The van der Waals surface area contributed by atoms with E-state index < -0.39 is 28.0 Å². The highest BCUT2D eigenvalue weighted by Gasteiger charge is 2.84. The fraction of sp³-hybridized carbons (Fsp3) is 0.941. The second kappa shape index (κ2) is 3.83. The third-order valence-corrected chi connectivity index (χ3v) is 7.01. The van der Waals surface area contributed by atoms with Crippen LogP contribution < -0.4 is 0 Å². The average molecular weight is 298 g/mol. The van der Waals surface area contributed by atoms with Crippen molar-refractivity contribution in [1.29, 1.82) is 0 Å². The highest BCUT2D eigenvalue weighted by atomic mass is 16.7. The Morgan fingerprint density at radius 3 is 1.67 bits per heavy atom. The van der Waals surface area contributed by atoms with Crippen molar-refractivity contribution in [3.05, 3.63) is 0 Å². The normalized spacial score (nSPS) is 46.2. The Balaban J connectivity index is 2.74. The SMILES string of the molecule is CC(=O)O[C@]1(C)C(C)(C)O[C@]2(C)OC(C)(C)C(C)(C)[C@@]21C. The molecule has 0 N–H and O–H groups in total. The molecule has 2 heterocycles. The minimum Gasteiger partial charge on any atom is -0.456 e. The van der Waals surface area contributed by atoms with Crippen molar-refractivity contribution >= 4 is 5.97 Å². The molecule has 0 amide bonds. The van der Waals surface area contributed by atoms with E-state index in [1.807, 2.05) is 27.7 Å². The molecule has 0 unspecified atom stereocenters. The largest absolute Gasteiger partial charge is 0.456 e. The van der Waals surface area contributed by atoms with E-state index in [-0.39, 0.29) is 11.4 Å². The summed E-state index contributed by atoms with van der Waals surface area (Å²) in [6, 6.07) is 0. The van der Waals surface area contributed by atoms with Gasteiger partial charge in [0.1, 0.15) is 11.2 Å². The zero-order valence-electron chi connectivity index (χ0n) is 15.1. The number of carbonyl (C=O) groups excluding carboxylic acids is 1. The van der Waals surface area contributed by atoms with Crippen molar-refractivity contribution in [2.45, 2.75) is 91.8 Å². The molecule has 0 aromatic carbocycles. The molecule has 2 aliphatic heterocycles. The number of carbonyl (C=O) groups is 1. The van der Waals surface area contributed by atoms with Gasteiger partial charge in [-0.15, -0.1) is 0 Å². The van der Waals surface area contributed by atoms with Gasteiger partial charge in [-0.25, -0.2) is 0 Å². The van der Waals surface area contributed by atoms with E-state index in [1.165, 1.54) is 6.92 Å². The predicted molar refractivity (Wildman–Crippen MR) is 80.8 cm³/mol. The summed E-state index contributed by atoms with van der Waals surface area (Å²) in [6.07, 6.45) is 0. The van der Waals surface area contributed by atoms with Crippen LogP contribution in [0.2, 0.25) is 0 Å². The van der Waals surface area contributed by atoms with Gasteiger partial charge in [-0.2, -0.15) is 0 Å². The molecule has 21 heavy (non-hydrogen) atoms. The Kier molecular flexibility index (Phi) is 3.05. The van der Waals surface area contributed by atoms with Gasteiger partial charge in [0.2, 0.25) is 0 Å². The number of fused-ring (bicyclic) bond motifs is 1. The molecule has 2 aliphatic rings. The summed E-state index contributed by atoms with van der Waals surface area (Å²) in [6.45, 7) is 20.0. The summed E-state index contributed by atoms with van der Waals surface area (Å²) in [7, 11) is 0. The Morgan fingerprint density at radius 1 is 0.810 bits per heavy atom. The third-order valence-electron chi connectivity index (χ3n) is 7.01. The highest BCUT2D eigenvalue weighted by Crippen LogP contribution is 2.74. The van der Waals surface area contributed by atoms with E-state index in [9.17, 15) is 4.79 Å². The molecule has 2 saturated heterocycles. The number of rotatable bonds is 1. The quantitative estimate of drug-likeness (QED) is 0.693. The molecule has 0 saturated carbocycles. The minimum absolute atomic E-state index is 0.257. The van der Waals surface area contributed by atoms with Gasteiger partial charge in [-0.3, -0.25) is 4.79 Å². The topological polar surface area (TPSA) is 44.8 Å². The third kappa shape index (κ3) is 1.56. The Hall–Kier alpha value is -0.610. The molecule has 0 bridgehead atoms. The molecular formula is C17H30O4. The number of esters is 1. The lowest BCUT2D eigenvalue weighted by Crippen LogP contribution is -2.63. The zero-order chi connectivity index (χ0) is 16.7. The first kappa shape index (κ1) is 16.8. The van der Waals surface area contributed by atoms with E-state index >= 15 is 0 Å². The Morgan fingerprint density at radius 2 is 1.24 bits per heavy atom. The van der Waals surface area contributed by atoms with Crippen LogP contribution in [0.4, 0.5) is 0 Å². The van der Waals surface area contributed by atoms with Crippen molar-refractivity contribution in [2.24, 2.45) is 10.8 Å². The second-order valence-electron chi connectivity index (χ2n) is 8.55. The van der Waals surface area contributed by atoms with Crippen molar-refractivity contribution in [3.8, 4) is 0 Å². The fourth-order valence-corrected chi connectivity index (χ4v) is 4.74. The molecular weight excluding hydrogens is 268 g/mol. The Bertz CT molecular complexity index is 493. The Labute approximate surface area is 128 Å². The molecule has 0 aromatic rings. The highest BCUT2D eigenvalue weighted by molar-refractivity contribution is 5.67. The molecule has 0 aliphatic carbocycles. The molecule has 4 nitrogen and oxygen atoms in total. The number of hydrogen-bond acceptors (Lipinski definition) is 4. The lowest BCUT2D eigenvalue weighted by molar-refractivity contribution is -0.266. The smallest absolute Gasteiger partial charge is 0.303 e. The van der Waals surface area contributed by atoms with Crippen LogP contribution in [0.3, 0.4) is 0 Å². The lowest BCUT2D eigenvalue weighted by atomic mass is 9.51. The summed E-state index contributed by atoms with van der Waals surface area (Å²) < 4.78 is 18.6. The molecule has 3 atom stereocenters. The molecule has 4 heteroatoms. The predicted octanol–water partition coefficient (Wildman–Crippen LogP) is 3.67. The van der Waals surface area contributed by atoms with Crippen LogP contribution in [0.1, 0.15) is 69.2 Å². The monoisotopic (exact) mass is 298 g/mol. The summed E-state index contributed by atoms with van der Waals surface area (Å²) in [5, 5.41) is 0. The van der Waals surface area contributed by atoms with Gasteiger partial charge < -0.3 is 14.2 Å². The molecule has 0 aromatic heterocycles. The average Bonchev–Trinajstić information content (AvgIpc) is 2.39. The number of hydrogen-bond donors (Lipinski definition) is 0. The van der Waals surface area contributed by atoms with E-state index in [0.717, 1.165) is 0 Å². The summed E-state index contributed by atoms with van der Waals surface area (Å²) in [5.41, 5.74) is -2.58. The van der Waals surface area contributed by atoms with E-state index in [1.54, 1.807) is 0 Å². The maximum Gasteiger partial charge on any atom is 0.303 e. The van der Waals surface area contributed by atoms with Crippen molar-refractivity contribution < 1.29 is 19.0 Å². The van der Waals surface area contributed by atoms with Crippen LogP contribution in [0.5, 0.6) is 0 Å². The maximum atomic E-state index is 11.8. The molecule has 2 fully saturated rings. The standard InChI is InChI=1S/C17H30O4/c1-11(18)19-16(9)14(6,7)21-17(10)15(16,8)12(2,3)13(4,5)20-17/h1-10H3/t15-,16-,17+/m1/s1. The van der Waals surface area contributed by atoms with Crippen molar-refractivity contribution in [3.63, 3.8) is 0 Å². The zero-order valence-corrected chi connectivity index (χ0v) is 15.1. The van der Waals surface area contributed by atoms with Gasteiger partial charge in [0.15, 0.2) is 5.79 Å². The first-order chi connectivity index (χ1) is 9.08. The first-order valence-electron chi connectivity index (χ1n) is 7.68. The van der Waals surface area contributed by atoms with Gasteiger partial charge >= 0.3 is 5.97 Å². The van der Waals surface area contributed by atoms with Crippen LogP contribution in [0.25, 0.3) is 0 Å². The van der Waals surface area contributed by atoms with Gasteiger partial charge in [-0.05, 0) is 48.5 Å². The van der Waals surface area contributed by atoms with Crippen molar-refractivity contribution in [2.75, 3.05) is 0 Å².